The van der Waals surface area contributed by atoms with E-state index in [1.165, 1.54) is 30.0 Å². The summed E-state index contributed by atoms with van der Waals surface area (Å²) in [6.07, 6.45) is 0. The van der Waals surface area contributed by atoms with Gasteiger partial charge in [-0.2, -0.15) is 0 Å². The fraction of sp³-hybridized carbons (Fsp3) is 0.462. The highest BCUT2D eigenvalue weighted by Crippen LogP contribution is 2.26. The molecule has 0 saturated heterocycles. The van der Waals surface area contributed by atoms with E-state index in [-0.39, 0.29) is 18.3 Å². The number of hydrogen-bond donors (Lipinski definition) is 1. The molecule has 0 saturated carbocycles. The van der Waals surface area contributed by atoms with Gasteiger partial charge in [0.2, 0.25) is 0 Å². The van der Waals surface area contributed by atoms with Crippen LogP contribution in [0.2, 0.25) is 0 Å². The Hall–Kier alpha value is -1.65. The number of aliphatic carboxylic acids is 1. The SMILES string of the molecule is CC(CN(c1c(F)cccc1F)C(C)C)C(=O)O. The molecule has 1 rings (SSSR count). The van der Waals surface area contributed by atoms with E-state index in [9.17, 15) is 13.6 Å². The molecule has 1 unspecified atom stereocenters. The summed E-state index contributed by atoms with van der Waals surface area (Å²) in [5.41, 5.74) is -0.166. The van der Waals surface area contributed by atoms with Crippen molar-refractivity contribution in [1.29, 1.82) is 0 Å². The van der Waals surface area contributed by atoms with Crippen molar-refractivity contribution < 1.29 is 18.7 Å². The van der Waals surface area contributed by atoms with Crippen molar-refractivity contribution in [2.75, 3.05) is 11.4 Å². The number of nitrogens with zero attached hydrogens (tertiary/aromatic N) is 1. The van der Waals surface area contributed by atoms with Gasteiger partial charge < -0.3 is 10.0 Å². The van der Waals surface area contributed by atoms with Gasteiger partial charge in [-0.3, -0.25) is 4.79 Å². The number of hydrogen-bond acceptors (Lipinski definition) is 2. The Kier molecular flexibility index (Phi) is 4.64. The van der Waals surface area contributed by atoms with E-state index in [0.29, 0.717) is 0 Å². The lowest BCUT2D eigenvalue weighted by Crippen LogP contribution is -2.38. The molecule has 1 N–H and O–H groups in total. The minimum atomic E-state index is -0.989. The third-order valence-corrected chi connectivity index (χ3v) is 2.74. The predicted molar refractivity (Wildman–Crippen MR) is 65.6 cm³/mol. The number of benzene rings is 1. The van der Waals surface area contributed by atoms with Crippen LogP contribution < -0.4 is 4.90 Å². The van der Waals surface area contributed by atoms with Gasteiger partial charge in [-0.25, -0.2) is 8.78 Å². The summed E-state index contributed by atoms with van der Waals surface area (Å²) in [7, 11) is 0. The molecule has 0 bridgehead atoms. The first-order valence-electron chi connectivity index (χ1n) is 5.78. The summed E-state index contributed by atoms with van der Waals surface area (Å²) in [4.78, 5) is 12.3. The third-order valence-electron chi connectivity index (χ3n) is 2.74. The highest BCUT2D eigenvalue weighted by molar-refractivity contribution is 5.70. The zero-order valence-electron chi connectivity index (χ0n) is 10.7. The predicted octanol–water partition coefficient (Wildman–Crippen LogP) is 2.90. The molecule has 3 nitrogen and oxygen atoms in total. The van der Waals surface area contributed by atoms with Crippen molar-refractivity contribution in [2.45, 2.75) is 26.8 Å². The zero-order valence-corrected chi connectivity index (χ0v) is 10.7. The second-order valence-electron chi connectivity index (χ2n) is 4.56. The standard InChI is InChI=1S/C13H17F2NO2/c1-8(2)16(7-9(3)13(17)18)12-10(14)5-4-6-11(12)15/h4-6,8-9H,7H2,1-3H3,(H,17,18). The number of carboxylic acids is 1. The molecule has 0 aliphatic carbocycles. The molecule has 0 fully saturated rings. The first-order valence-corrected chi connectivity index (χ1v) is 5.78. The van der Waals surface area contributed by atoms with Crippen LogP contribution in [0.4, 0.5) is 14.5 Å². The van der Waals surface area contributed by atoms with Crippen LogP contribution in [0.15, 0.2) is 18.2 Å². The molecule has 0 radical (unpaired) electrons. The minimum absolute atomic E-state index is 0.0604. The van der Waals surface area contributed by atoms with Gasteiger partial charge in [-0.15, -0.1) is 0 Å². The first-order chi connectivity index (χ1) is 8.34. The van der Waals surface area contributed by atoms with Crippen molar-refractivity contribution in [3.05, 3.63) is 29.8 Å². The maximum Gasteiger partial charge on any atom is 0.308 e. The quantitative estimate of drug-likeness (QED) is 0.881. The number of carbonyl (C=O) groups is 1. The molecule has 0 heterocycles. The van der Waals surface area contributed by atoms with Gasteiger partial charge >= 0.3 is 5.97 Å². The van der Waals surface area contributed by atoms with Crippen molar-refractivity contribution in [3.63, 3.8) is 0 Å². The first kappa shape index (κ1) is 14.4. The van der Waals surface area contributed by atoms with Crippen LogP contribution in [-0.2, 0) is 4.79 Å². The van der Waals surface area contributed by atoms with Crippen LogP contribution in [0.25, 0.3) is 0 Å². The van der Waals surface area contributed by atoms with Gasteiger partial charge in [0.15, 0.2) is 0 Å². The van der Waals surface area contributed by atoms with E-state index in [2.05, 4.69) is 0 Å². The number of halogens is 2. The maximum absolute atomic E-state index is 13.7. The van der Waals surface area contributed by atoms with E-state index in [0.717, 1.165) is 0 Å². The molecule has 0 aromatic heterocycles. The molecular weight excluding hydrogens is 240 g/mol. The summed E-state index contributed by atoms with van der Waals surface area (Å²) in [5.74, 6) is -3.05. The molecule has 18 heavy (non-hydrogen) atoms. The Bertz CT molecular complexity index is 415. The van der Waals surface area contributed by atoms with Gasteiger partial charge in [0, 0.05) is 12.6 Å². The number of anilines is 1. The average Bonchev–Trinajstić information content (AvgIpc) is 2.26. The van der Waals surface area contributed by atoms with Crippen molar-refractivity contribution >= 4 is 11.7 Å². The van der Waals surface area contributed by atoms with Crippen molar-refractivity contribution in [2.24, 2.45) is 5.92 Å². The molecular formula is C13H17F2NO2. The van der Waals surface area contributed by atoms with Gasteiger partial charge in [-0.1, -0.05) is 13.0 Å². The van der Waals surface area contributed by atoms with Crippen LogP contribution in [0, 0.1) is 17.6 Å². The Labute approximate surface area is 105 Å². The third kappa shape index (κ3) is 3.18. The average molecular weight is 257 g/mol. The lowest BCUT2D eigenvalue weighted by atomic mass is 10.1. The van der Waals surface area contributed by atoms with Crippen LogP contribution >= 0.6 is 0 Å². The van der Waals surface area contributed by atoms with Crippen LogP contribution in [-0.4, -0.2) is 23.7 Å². The van der Waals surface area contributed by atoms with E-state index in [1.807, 2.05) is 0 Å². The Morgan fingerprint density at radius 3 is 2.17 bits per heavy atom. The van der Waals surface area contributed by atoms with Gasteiger partial charge in [0.25, 0.3) is 0 Å². The molecule has 0 spiro atoms. The monoisotopic (exact) mass is 257 g/mol. The highest BCUT2D eigenvalue weighted by atomic mass is 19.1. The largest absolute Gasteiger partial charge is 0.481 e. The number of para-hydroxylation sites is 1. The summed E-state index contributed by atoms with van der Waals surface area (Å²) in [6, 6.07) is 3.42. The Morgan fingerprint density at radius 1 is 1.28 bits per heavy atom. The molecule has 0 aliphatic rings. The van der Waals surface area contributed by atoms with Crippen LogP contribution in [0.1, 0.15) is 20.8 Å². The Morgan fingerprint density at radius 2 is 1.78 bits per heavy atom. The normalized spacial score (nSPS) is 12.6. The van der Waals surface area contributed by atoms with Crippen LogP contribution in [0.5, 0.6) is 0 Å². The van der Waals surface area contributed by atoms with E-state index < -0.39 is 23.5 Å². The van der Waals surface area contributed by atoms with Crippen molar-refractivity contribution in [1.82, 2.24) is 0 Å². The molecule has 5 heteroatoms. The molecule has 0 aliphatic heterocycles. The molecule has 100 valence electrons. The highest BCUT2D eigenvalue weighted by Gasteiger charge is 2.23. The van der Waals surface area contributed by atoms with Gasteiger partial charge in [-0.05, 0) is 26.0 Å². The molecule has 0 amide bonds. The van der Waals surface area contributed by atoms with Crippen molar-refractivity contribution in [3.8, 4) is 0 Å². The van der Waals surface area contributed by atoms with E-state index >= 15 is 0 Å². The van der Waals surface area contributed by atoms with Gasteiger partial charge in [0.05, 0.1) is 5.92 Å². The number of carboxylic acid groups (broad SMARTS) is 1. The van der Waals surface area contributed by atoms with Gasteiger partial charge in [0.1, 0.15) is 17.3 Å². The summed E-state index contributed by atoms with van der Waals surface area (Å²) < 4.78 is 27.4. The molecule has 1 atom stereocenters. The zero-order chi connectivity index (χ0) is 13.9. The van der Waals surface area contributed by atoms with Crippen LogP contribution in [0.3, 0.4) is 0 Å². The minimum Gasteiger partial charge on any atom is -0.481 e. The lowest BCUT2D eigenvalue weighted by molar-refractivity contribution is -0.140. The topological polar surface area (TPSA) is 40.5 Å². The van der Waals surface area contributed by atoms with E-state index in [1.54, 1.807) is 13.8 Å². The second-order valence-corrected chi connectivity index (χ2v) is 4.56. The summed E-state index contributed by atoms with van der Waals surface area (Å²) in [6.45, 7) is 5.10. The summed E-state index contributed by atoms with van der Waals surface area (Å²) in [5, 5.41) is 8.88. The lowest BCUT2D eigenvalue weighted by Gasteiger charge is -2.31. The molecule has 1 aromatic rings. The second kappa shape index (κ2) is 5.80. The fourth-order valence-corrected chi connectivity index (χ4v) is 1.70. The Balaban J connectivity index is 3.09. The maximum atomic E-state index is 13.7. The smallest absolute Gasteiger partial charge is 0.308 e. The number of rotatable bonds is 5. The molecule has 1 aromatic carbocycles. The summed E-state index contributed by atoms with van der Waals surface area (Å²) >= 11 is 0. The van der Waals surface area contributed by atoms with E-state index in [4.69, 9.17) is 5.11 Å². The fourth-order valence-electron chi connectivity index (χ4n) is 1.70.